The summed E-state index contributed by atoms with van der Waals surface area (Å²) in [6, 6.07) is 4.81. The summed E-state index contributed by atoms with van der Waals surface area (Å²) < 4.78 is 36.8. The third kappa shape index (κ3) is 2.98. The van der Waals surface area contributed by atoms with Gasteiger partial charge in [-0.05, 0) is 18.2 Å². The summed E-state index contributed by atoms with van der Waals surface area (Å²) in [5, 5.41) is 0.285. The molecule has 3 amide bonds. The van der Waals surface area contributed by atoms with Crippen molar-refractivity contribution in [2.24, 2.45) is 0 Å². The first kappa shape index (κ1) is 13.7. The van der Waals surface area contributed by atoms with E-state index in [1.807, 2.05) is 0 Å². The normalized spacial score (nSPS) is 16.4. The molecule has 0 bridgehead atoms. The molecule has 4 nitrogen and oxygen atoms in total. The summed E-state index contributed by atoms with van der Waals surface area (Å²) >= 11 is 5.72. The van der Waals surface area contributed by atoms with Gasteiger partial charge < -0.3 is 4.90 Å². The van der Waals surface area contributed by atoms with E-state index in [9.17, 15) is 22.8 Å². The van der Waals surface area contributed by atoms with Crippen molar-refractivity contribution in [1.82, 2.24) is 4.90 Å². The standard InChI is InChI=1S/C11H8ClF3N2O2/c12-7-2-1-3-8(4-7)17-9(18)5-16(10(17)19)6-11(13,14)15/h1-4H,5-6H2. The summed E-state index contributed by atoms with van der Waals surface area (Å²) in [6.07, 6.45) is -4.54. The Kier molecular flexibility index (Phi) is 3.40. The molecule has 1 aromatic carbocycles. The van der Waals surface area contributed by atoms with Gasteiger partial charge in [0.05, 0.1) is 5.69 Å². The van der Waals surface area contributed by atoms with Crippen LogP contribution in [0, 0.1) is 0 Å². The maximum Gasteiger partial charge on any atom is 0.406 e. The van der Waals surface area contributed by atoms with Gasteiger partial charge in [0.2, 0.25) is 0 Å². The van der Waals surface area contributed by atoms with Crippen molar-refractivity contribution in [3.63, 3.8) is 0 Å². The highest BCUT2D eigenvalue weighted by molar-refractivity contribution is 6.31. The van der Waals surface area contributed by atoms with Crippen molar-refractivity contribution in [2.45, 2.75) is 6.18 Å². The van der Waals surface area contributed by atoms with Crippen LogP contribution in [0.1, 0.15) is 0 Å². The van der Waals surface area contributed by atoms with E-state index in [4.69, 9.17) is 11.6 Å². The van der Waals surface area contributed by atoms with Crippen LogP contribution in [-0.2, 0) is 4.79 Å². The van der Waals surface area contributed by atoms with Gasteiger partial charge in [-0.25, -0.2) is 9.69 Å². The molecule has 1 fully saturated rings. The second-order valence-corrected chi connectivity index (χ2v) is 4.40. The van der Waals surface area contributed by atoms with Gasteiger partial charge in [-0.2, -0.15) is 13.2 Å². The number of carbonyl (C=O) groups is 2. The van der Waals surface area contributed by atoms with Gasteiger partial charge in [0.25, 0.3) is 5.91 Å². The van der Waals surface area contributed by atoms with Crippen molar-refractivity contribution >= 4 is 29.2 Å². The minimum atomic E-state index is -4.54. The minimum absolute atomic E-state index is 0.159. The Morgan fingerprint density at radius 3 is 2.53 bits per heavy atom. The first-order chi connectivity index (χ1) is 8.78. The number of halogens is 4. The number of hydrogen-bond donors (Lipinski definition) is 0. The molecule has 0 N–H and O–H groups in total. The molecule has 0 spiro atoms. The Morgan fingerprint density at radius 2 is 1.95 bits per heavy atom. The van der Waals surface area contributed by atoms with E-state index < -0.39 is 31.2 Å². The van der Waals surface area contributed by atoms with Gasteiger partial charge in [0.1, 0.15) is 13.1 Å². The Balaban J connectivity index is 2.24. The highest BCUT2D eigenvalue weighted by Gasteiger charge is 2.42. The molecule has 1 aliphatic rings. The lowest BCUT2D eigenvalue weighted by Crippen LogP contribution is -2.38. The molecule has 0 radical (unpaired) electrons. The molecule has 1 aliphatic heterocycles. The zero-order chi connectivity index (χ0) is 14.2. The van der Waals surface area contributed by atoms with Crippen LogP contribution in [0.15, 0.2) is 24.3 Å². The number of urea groups is 1. The van der Waals surface area contributed by atoms with E-state index in [2.05, 4.69) is 0 Å². The molecule has 0 aliphatic carbocycles. The third-order valence-corrected chi connectivity index (χ3v) is 2.71. The van der Waals surface area contributed by atoms with E-state index in [1.54, 1.807) is 0 Å². The molecule has 8 heteroatoms. The lowest BCUT2D eigenvalue weighted by Gasteiger charge is -2.18. The van der Waals surface area contributed by atoms with Crippen LogP contribution in [0.2, 0.25) is 5.02 Å². The molecule has 1 heterocycles. The van der Waals surface area contributed by atoms with Gasteiger partial charge in [-0.15, -0.1) is 0 Å². The molecule has 102 valence electrons. The highest BCUT2D eigenvalue weighted by Crippen LogP contribution is 2.26. The number of carbonyl (C=O) groups excluding carboxylic acids is 2. The largest absolute Gasteiger partial charge is 0.406 e. The predicted molar refractivity (Wildman–Crippen MR) is 62.0 cm³/mol. The first-order valence-corrected chi connectivity index (χ1v) is 5.60. The van der Waals surface area contributed by atoms with Crippen molar-refractivity contribution in [2.75, 3.05) is 18.0 Å². The summed E-state index contributed by atoms with van der Waals surface area (Å²) in [5.74, 6) is -0.712. The Hall–Kier alpha value is -1.76. The van der Waals surface area contributed by atoms with E-state index >= 15 is 0 Å². The number of imide groups is 1. The fourth-order valence-electron chi connectivity index (χ4n) is 1.76. The van der Waals surface area contributed by atoms with Gasteiger partial charge in [0, 0.05) is 5.02 Å². The number of rotatable bonds is 2. The monoisotopic (exact) mass is 292 g/mol. The molecule has 0 unspecified atom stereocenters. The van der Waals surface area contributed by atoms with Crippen LogP contribution >= 0.6 is 11.6 Å². The second kappa shape index (κ2) is 4.73. The summed E-state index contributed by atoms with van der Waals surface area (Å²) in [6.45, 7) is -2.04. The number of alkyl halides is 3. The predicted octanol–water partition coefficient (Wildman–Crippen LogP) is 2.67. The quantitative estimate of drug-likeness (QED) is 0.786. The zero-order valence-electron chi connectivity index (χ0n) is 9.45. The van der Waals surface area contributed by atoms with E-state index in [0.29, 0.717) is 9.80 Å². The number of benzene rings is 1. The minimum Gasteiger partial charge on any atom is -0.306 e. The average molecular weight is 293 g/mol. The van der Waals surface area contributed by atoms with E-state index in [0.717, 1.165) is 0 Å². The maximum absolute atomic E-state index is 12.3. The van der Waals surface area contributed by atoms with Gasteiger partial charge in [-0.1, -0.05) is 17.7 Å². The lowest BCUT2D eigenvalue weighted by atomic mass is 10.3. The van der Waals surface area contributed by atoms with Crippen LogP contribution in [0.5, 0.6) is 0 Å². The van der Waals surface area contributed by atoms with E-state index in [1.165, 1.54) is 24.3 Å². The van der Waals surface area contributed by atoms with Crippen molar-refractivity contribution in [1.29, 1.82) is 0 Å². The molecule has 0 saturated carbocycles. The number of nitrogens with zero attached hydrogens (tertiary/aromatic N) is 2. The second-order valence-electron chi connectivity index (χ2n) is 3.96. The zero-order valence-corrected chi connectivity index (χ0v) is 10.2. The lowest BCUT2D eigenvalue weighted by molar-refractivity contribution is -0.139. The summed E-state index contributed by atoms with van der Waals surface area (Å²) in [5.41, 5.74) is 0.159. The van der Waals surface area contributed by atoms with Crippen LogP contribution in [-0.4, -0.2) is 36.1 Å². The van der Waals surface area contributed by atoms with Crippen molar-refractivity contribution in [3.05, 3.63) is 29.3 Å². The van der Waals surface area contributed by atoms with E-state index in [-0.39, 0.29) is 10.7 Å². The van der Waals surface area contributed by atoms with Crippen LogP contribution in [0.3, 0.4) is 0 Å². The van der Waals surface area contributed by atoms with Crippen LogP contribution < -0.4 is 4.90 Å². The Labute approximate surface area is 111 Å². The summed E-state index contributed by atoms with van der Waals surface area (Å²) in [7, 11) is 0. The first-order valence-electron chi connectivity index (χ1n) is 5.22. The molecule has 0 aromatic heterocycles. The summed E-state index contributed by atoms with van der Waals surface area (Å²) in [4.78, 5) is 24.6. The van der Waals surface area contributed by atoms with Gasteiger partial charge >= 0.3 is 12.2 Å². The number of hydrogen-bond acceptors (Lipinski definition) is 2. The van der Waals surface area contributed by atoms with Gasteiger partial charge in [-0.3, -0.25) is 4.79 Å². The fraction of sp³-hybridized carbons (Fsp3) is 0.273. The molecular formula is C11H8ClF3N2O2. The number of amides is 3. The maximum atomic E-state index is 12.3. The molecule has 1 aromatic rings. The molecule has 1 saturated heterocycles. The molecule has 2 rings (SSSR count). The smallest absolute Gasteiger partial charge is 0.306 e. The van der Waals surface area contributed by atoms with Crippen LogP contribution in [0.25, 0.3) is 0 Å². The topological polar surface area (TPSA) is 40.6 Å². The molecule has 19 heavy (non-hydrogen) atoms. The Morgan fingerprint density at radius 1 is 1.26 bits per heavy atom. The fourth-order valence-corrected chi connectivity index (χ4v) is 1.94. The third-order valence-electron chi connectivity index (χ3n) is 2.47. The van der Waals surface area contributed by atoms with Crippen molar-refractivity contribution in [3.8, 4) is 0 Å². The van der Waals surface area contributed by atoms with Gasteiger partial charge in [0.15, 0.2) is 0 Å². The molecule has 0 atom stereocenters. The Bertz CT molecular complexity index is 533. The SMILES string of the molecule is O=C1CN(CC(F)(F)F)C(=O)N1c1cccc(Cl)c1. The van der Waals surface area contributed by atoms with Crippen molar-refractivity contribution < 1.29 is 22.8 Å². The highest BCUT2D eigenvalue weighted by atomic mass is 35.5. The average Bonchev–Trinajstić information content (AvgIpc) is 2.51. The molecular weight excluding hydrogens is 285 g/mol. The number of anilines is 1. The van der Waals surface area contributed by atoms with Crippen LogP contribution in [0.4, 0.5) is 23.7 Å².